The van der Waals surface area contributed by atoms with Crippen LogP contribution >= 0.6 is 0 Å². The van der Waals surface area contributed by atoms with E-state index in [1.54, 1.807) is 0 Å². The van der Waals surface area contributed by atoms with Gasteiger partial charge in [-0.25, -0.2) is 0 Å². The van der Waals surface area contributed by atoms with E-state index < -0.39 is 0 Å². The summed E-state index contributed by atoms with van der Waals surface area (Å²) in [5.74, 6) is 0. The molecule has 16 heavy (non-hydrogen) atoms. The summed E-state index contributed by atoms with van der Waals surface area (Å²) in [5, 5.41) is 9.80. The minimum atomic E-state index is -0.344. The number of ether oxygens (including phenoxy) is 1. The maximum Gasteiger partial charge on any atom is 0.0805 e. The molecule has 0 radical (unpaired) electrons. The standard InChI is InChI=1S/C14H22O2/c1-3-16-12(2)14(15)11-7-10-13-8-5-4-6-9-13/h4-6,8-9,12,14-15H,3,7,10-11H2,1-2H3. The Morgan fingerprint density at radius 2 is 1.94 bits per heavy atom. The summed E-state index contributed by atoms with van der Waals surface area (Å²) in [6, 6.07) is 10.4. The molecule has 0 aliphatic carbocycles. The van der Waals surface area contributed by atoms with Gasteiger partial charge in [0, 0.05) is 6.61 Å². The van der Waals surface area contributed by atoms with E-state index in [9.17, 15) is 5.11 Å². The van der Waals surface area contributed by atoms with E-state index in [0.29, 0.717) is 6.61 Å². The van der Waals surface area contributed by atoms with Crippen molar-refractivity contribution in [1.29, 1.82) is 0 Å². The summed E-state index contributed by atoms with van der Waals surface area (Å²) in [6.45, 7) is 4.54. The molecule has 1 rings (SSSR count). The molecule has 2 atom stereocenters. The van der Waals surface area contributed by atoms with Gasteiger partial charge in [0.25, 0.3) is 0 Å². The molecule has 0 saturated carbocycles. The van der Waals surface area contributed by atoms with Crippen molar-refractivity contribution < 1.29 is 9.84 Å². The Bertz CT molecular complexity index is 271. The number of hydrogen-bond donors (Lipinski definition) is 1. The molecule has 90 valence electrons. The number of rotatable bonds is 7. The highest BCUT2D eigenvalue weighted by Crippen LogP contribution is 2.10. The van der Waals surface area contributed by atoms with Crippen LogP contribution in [0.4, 0.5) is 0 Å². The van der Waals surface area contributed by atoms with Crippen LogP contribution in [0.3, 0.4) is 0 Å². The lowest BCUT2D eigenvalue weighted by atomic mass is 10.0. The minimum Gasteiger partial charge on any atom is -0.390 e. The van der Waals surface area contributed by atoms with Crippen molar-refractivity contribution >= 4 is 0 Å². The summed E-state index contributed by atoms with van der Waals surface area (Å²) < 4.78 is 5.36. The van der Waals surface area contributed by atoms with Crippen molar-refractivity contribution in [2.45, 2.75) is 45.3 Å². The molecule has 2 unspecified atom stereocenters. The lowest BCUT2D eigenvalue weighted by molar-refractivity contribution is -0.0253. The second-order valence-electron chi connectivity index (χ2n) is 4.11. The first-order valence-corrected chi connectivity index (χ1v) is 6.07. The van der Waals surface area contributed by atoms with E-state index in [1.165, 1.54) is 5.56 Å². The van der Waals surface area contributed by atoms with Gasteiger partial charge in [-0.2, -0.15) is 0 Å². The van der Waals surface area contributed by atoms with Crippen LogP contribution in [0.15, 0.2) is 30.3 Å². The molecular weight excluding hydrogens is 200 g/mol. The molecule has 1 aromatic rings. The van der Waals surface area contributed by atoms with E-state index in [2.05, 4.69) is 24.3 Å². The average Bonchev–Trinajstić information content (AvgIpc) is 2.30. The minimum absolute atomic E-state index is 0.0548. The topological polar surface area (TPSA) is 29.5 Å². The molecule has 0 heterocycles. The Balaban J connectivity index is 2.20. The fourth-order valence-electron chi connectivity index (χ4n) is 1.77. The average molecular weight is 222 g/mol. The lowest BCUT2D eigenvalue weighted by Crippen LogP contribution is -2.26. The molecule has 1 aromatic carbocycles. The van der Waals surface area contributed by atoms with Gasteiger partial charge in [-0.05, 0) is 38.7 Å². The third-order valence-electron chi connectivity index (χ3n) is 2.78. The molecule has 0 aromatic heterocycles. The summed E-state index contributed by atoms with van der Waals surface area (Å²) in [6.07, 6.45) is 2.43. The van der Waals surface area contributed by atoms with E-state index in [4.69, 9.17) is 4.74 Å². The number of hydrogen-bond acceptors (Lipinski definition) is 2. The van der Waals surface area contributed by atoms with Crippen molar-refractivity contribution in [3.63, 3.8) is 0 Å². The zero-order valence-corrected chi connectivity index (χ0v) is 10.2. The molecule has 0 saturated heterocycles. The third kappa shape index (κ3) is 4.77. The van der Waals surface area contributed by atoms with Gasteiger partial charge in [-0.15, -0.1) is 0 Å². The maximum atomic E-state index is 9.80. The van der Waals surface area contributed by atoms with Crippen molar-refractivity contribution in [3.05, 3.63) is 35.9 Å². The number of aliphatic hydroxyl groups is 1. The Hall–Kier alpha value is -0.860. The molecule has 2 heteroatoms. The Morgan fingerprint density at radius 3 is 2.56 bits per heavy atom. The van der Waals surface area contributed by atoms with E-state index >= 15 is 0 Å². The van der Waals surface area contributed by atoms with Gasteiger partial charge in [0.1, 0.15) is 0 Å². The van der Waals surface area contributed by atoms with Gasteiger partial charge < -0.3 is 9.84 Å². The fraction of sp³-hybridized carbons (Fsp3) is 0.571. The van der Waals surface area contributed by atoms with Gasteiger partial charge in [0.2, 0.25) is 0 Å². The van der Waals surface area contributed by atoms with E-state index in [0.717, 1.165) is 19.3 Å². The second-order valence-corrected chi connectivity index (χ2v) is 4.11. The van der Waals surface area contributed by atoms with Crippen LogP contribution < -0.4 is 0 Å². The van der Waals surface area contributed by atoms with Crippen LogP contribution in [0.2, 0.25) is 0 Å². The zero-order chi connectivity index (χ0) is 11.8. The van der Waals surface area contributed by atoms with Crippen LogP contribution in [-0.4, -0.2) is 23.9 Å². The fourth-order valence-corrected chi connectivity index (χ4v) is 1.77. The van der Waals surface area contributed by atoms with Gasteiger partial charge in [-0.3, -0.25) is 0 Å². The van der Waals surface area contributed by atoms with Crippen molar-refractivity contribution in [2.24, 2.45) is 0 Å². The number of aryl methyl sites for hydroxylation is 1. The summed E-state index contributed by atoms with van der Waals surface area (Å²) >= 11 is 0. The van der Waals surface area contributed by atoms with Crippen molar-refractivity contribution in [1.82, 2.24) is 0 Å². The molecule has 2 nitrogen and oxygen atoms in total. The largest absolute Gasteiger partial charge is 0.390 e. The molecule has 0 amide bonds. The summed E-state index contributed by atoms with van der Waals surface area (Å²) in [5.41, 5.74) is 1.33. The first-order chi connectivity index (χ1) is 7.74. The van der Waals surface area contributed by atoms with E-state index in [-0.39, 0.29) is 12.2 Å². The van der Waals surface area contributed by atoms with Crippen molar-refractivity contribution in [2.75, 3.05) is 6.61 Å². The molecule has 1 N–H and O–H groups in total. The molecule has 0 aliphatic rings. The first-order valence-electron chi connectivity index (χ1n) is 6.07. The molecule has 0 aliphatic heterocycles. The quantitative estimate of drug-likeness (QED) is 0.768. The van der Waals surface area contributed by atoms with Gasteiger partial charge in [-0.1, -0.05) is 30.3 Å². The van der Waals surface area contributed by atoms with Gasteiger partial charge in [0.15, 0.2) is 0 Å². The third-order valence-corrected chi connectivity index (χ3v) is 2.78. The molecule has 0 bridgehead atoms. The second kappa shape index (κ2) is 7.42. The molecular formula is C14H22O2. The van der Waals surface area contributed by atoms with Gasteiger partial charge in [0.05, 0.1) is 12.2 Å². The Labute approximate surface area is 98.3 Å². The van der Waals surface area contributed by atoms with Crippen molar-refractivity contribution in [3.8, 4) is 0 Å². The first kappa shape index (κ1) is 13.2. The highest BCUT2D eigenvalue weighted by Gasteiger charge is 2.13. The predicted molar refractivity (Wildman–Crippen MR) is 66.5 cm³/mol. The Kier molecular flexibility index (Phi) is 6.12. The zero-order valence-electron chi connectivity index (χ0n) is 10.2. The molecule has 0 spiro atoms. The van der Waals surface area contributed by atoms with Gasteiger partial charge >= 0.3 is 0 Å². The van der Waals surface area contributed by atoms with Crippen LogP contribution in [0.1, 0.15) is 32.3 Å². The van der Waals surface area contributed by atoms with Crippen LogP contribution in [-0.2, 0) is 11.2 Å². The highest BCUT2D eigenvalue weighted by molar-refractivity contribution is 5.14. The highest BCUT2D eigenvalue weighted by atomic mass is 16.5. The van der Waals surface area contributed by atoms with E-state index in [1.807, 2.05) is 19.9 Å². The number of benzene rings is 1. The predicted octanol–water partition coefficient (Wildman–Crippen LogP) is 2.80. The number of aliphatic hydroxyl groups excluding tert-OH is 1. The normalized spacial score (nSPS) is 14.7. The molecule has 0 fully saturated rings. The smallest absolute Gasteiger partial charge is 0.0805 e. The SMILES string of the molecule is CCOC(C)C(O)CCCc1ccccc1. The van der Waals surface area contributed by atoms with Crippen LogP contribution in [0, 0.1) is 0 Å². The van der Waals surface area contributed by atoms with Crippen LogP contribution in [0.25, 0.3) is 0 Å². The van der Waals surface area contributed by atoms with Crippen LogP contribution in [0.5, 0.6) is 0 Å². The summed E-state index contributed by atoms with van der Waals surface area (Å²) in [4.78, 5) is 0. The monoisotopic (exact) mass is 222 g/mol. The Morgan fingerprint density at radius 1 is 1.25 bits per heavy atom. The maximum absolute atomic E-state index is 9.80. The summed E-state index contributed by atoms with van der Waals surface area (Å²) in [7, 11) is 0. The lowest BCUT2D eigenvalue weighted by Gasteiger charge is -2.18.